The predicted octanol–water partition coefficient (Wildman–Crippen LogP) is 1.34. The van der Waals surface area contributed by atoms with Gasteiger partial charge in [-0.15, -0.1) is 0 Å². The molecule has 3 aliphatic heterocycles. The van der Waals surface area contributed by atoms with Crippen LogP contribution in [0.3, 0.4) is 0 Å². The molecule has 3 rings (SSSR count). The van der Waals surface area contributed by atoms with Crippen LogP contribution in [0.5, 0.6) is 0 Å². The van der Waals surface area contributed by atoms with E-state index < -0.39 is 41.5 Å². The Kier molecular flexibility index (Phi) is 3.33. The molecule has 0 spiro atoms. The molecule has 0 aromatic rings. The zero-order chi connectivity index (χ0) is 17.0. The average molecular weight is 322 g/mol. The Labute approximate surface area is 133 Å². The second-order valence-electron chi connectivity index (χ2n) is 6.91. The van der Waals surface area contributed by atoms with Crippen molar-refractivity contribution in [3.05, 3.63) is 0 Å². The van der Waals surface area contributed by atoms with Gasteiger partial charge in [-0.05, 0) is 20.8 Å². The molecule has 2 fully saturated rings. The average Bonchev–Trinajstić information content (AvgIpc) is 3.04. The molecule has 0 saturated carbocycles. The van der Waals surface area contributed by atoms with Crippen LogP contribution in [0.4, 0.5) is 4.79 Å². The summed E-state index contributed by atoms with van der Waals surface area (Å²) in [6.45, 7) is 6.46. The number of nitrogens with zero attached hydrogens (tertiary/aromatic N) is 4. The number of nitriles is 1. The summed E-state index contributed by atoms with van der Waals surface area (Å²) in [7, 11) is 0. The summed E-state index contributed by atoms with van der Waals surface area (Å²) in [4.78, 5) is 23.7. The van der Waals surface area contributed by atoms with Crippen molar-refractivity contribution in [2.45, 2.75) is 69.6 Å². The van der Waals surface area contributed by atoms with E-state index in [-0.39, 0.29) is 12.5 Å². The number of carbonyl (C=O) groups is 2. The lowest BCUT2D eigenvalue weighted by Gasteiger charge is -2.35. The SMILES string of the molecule is CC(=O)O[C@]1(C#N)C[C@@H]2O[C@H]1[C@@H]1[C@@H]2N=NN1C(=O)OC(C)(C)C. The van der Waals surface area contributed by atoms with Gasteiger partial charge in [-0.3, -0.25) is 4.79 Å². The van der Waals surface area contributed by atoms with E-state index in [4.69, 9.17) is 14.2 Å². The Morgan fingerprint density at radius 1 is 1.43 bits per heavy atom. The van der Waals surface area contributed by atoms with Gasteiger partial charge in [0.25, 0.3) is 0 Å². The molecular weight excluding hydrogens is 304 g/mol. The van der Waals surface area contributed by atoms with Crippen molar-refractivity contribution in [3.63, 3.8) is 0 Å². The van der Waals surface area contributed by atoms with E-state index in [0.717, 1.165) is 5.01 Å². The highest BCUT2D eigenvalue weighted by Crippen LogP contribution is 2.49. The normalized spacial score (nSPS) is 37.4. The molecule has 9 nitrogen and oxygen atoms in total. The molecule has 5 atom stereocenters. The number of ether oxygens (including phenoxy) is 3. The van der Waals surface area contributed by atoms with Gasteiger partial charge in [0.1, 0.15) is 29.9 Å². The van der Waals surface area contributed by atoms with E-state index >= 15 is 0 Å². The van der Waals surface area contributed by atoms with Gasteiger partial charge in [0.15, 0.2) is 0 Å². The quantitative estimate of drug-likeness (QED) is 0.673. The maximum atomic E-state index is 12.3. The smallest absolute Gasteiger partial charge is 0.432 e. The highest BCUT2D eigenvalue weighted by molar-refractivity contribution is 5.69. The number of carbonyl (C=O) groups excluding carboxylic acids is 2. The molecule has 0 aromatic heterocycles. The third kappa shape index (κ3) is 2.43. The lowest BCUT2D eigenvalue weighted by Crippen LogP contribution is -2.58. The summed E-state index contributed by atoms with van der Waals surface area (Å²) in [5, 5.41) is 18.6. The number of hydrogen-bond donors (Lipinski definition) is 0. The van der Waals surface area contributed by atoms with Crippen molar-refractivity contribution in [2.75, 3.05) is 0 Å². The summed E-state index contributed by atoms with van der Waals surface area (Å²) in [6.07, 6.45) is -1.66. The Bertz CT molecular complexity index is 622. The number of amides is 1. The fraction of sp³-hybridized carbons (Fsp3) is 0.786. The standard InChI is InChI=1S/C14H18N4O5/c1-7(19)22-14(6-15)5-8-9-10(11(14)21-8)18(17-16-9)12(20)23-13(2,3)4/h8-11H,5H2,1-4H3/t8-,9+,10-,11-,14-/m0/s1. The van der Waals surface area contributed by atoms with Gasteiger partial charge in [-0.2, -0.15) is 15.4 Å². The number of esters is 1. The molecule has 3 aliphatic rings. The minimum atomic E-state index is -1.42. The molecule has 23 heavy (non-hydrogen) atoms. The van der Waals surface area contributed by atoms with Crippen LogP contribution in [0, 0.1) is 11.3 Å². The maximum absolute atomic E-state index is 12.3. The van der Waals surface area contributed by atoms with E-state index in [1.165, 1.54) is 6.92 Å². The zero-order valence-corrected chi connectivity index (χ0v) is 13.3. The topological polar surface area (TPSA) is 114 Å². The fourth-order valence-corrected chi connectivity index (χ4v) is 3.26. The number of rotatable bonds is 1. The van der Waals surface area contributed by atoms with Crippen LogP contribution in [-0.2, 0) is 19.0 Å². The highest BCUT2D eigenvalue weighted by atomic mass is 16.6. The van der Waals surface area contributed by atoms with Gasteiger partial charge in [0.2, 0.25) is 5.60 Å². The molecule has 0 radical (unpaired) electrons. The van der Waals surface area contributed by atoms with Gasteiger partial charge in [-0.1, -0.05) is 5.22 Å². The molecule has 1 amide bonds. The first-order valence-corrected chi connectivity index (χ1v) is 7.36. The highest BCUT2D eigenvalue weighted by Gasteiger charge is 2.69. The first kappa shape index (κ1) is 15.7. The molecule has 0 aromatic carbocycles. The summed E-state index contributed by atoms with van der Waals surface area (Å²) in [5.41, 5.74) is -2.11. The Hall–Kier alpha value is -2.21. The second kappa shape index (κ2) is 4.89. The lowest BCUT2D eigenvalue weighted by atomic mass is 9.79. The van der Waals surface area contributed by atoms with E-state index in [2.05, 4.69) is 10.3 Å². The molecule has 3 heterocycles. The molecule has 2 saturated heterocycles. The van der Waals surface area contributed by atoms with Crippen molar-refractivity contribution in [1.29, 1.82) is 5.26 Å². The van der Waals surface area contributed by atoms with Crippen molar-refractivity contribution in [3.8, 4) is 6.07 Å². The van der Waals surface area contributed by atoms with Gasteiger partial charge in [0, 0.05) is 13.3 Å². The summed E-state index contributed by atoms with van der Waals surface area (Å²) >= 11 is 0. The van der Waals surface area contributed by atoms with Crippen LogP contribution in [0.2, 0.25) is 0 Å². The Morgan fingerprint density at radius 3 is 2.70 bits per heavy atom. The van der Waals surface area contributed by atoms with Crippen LogP contribution in [-0.4, -0.2) is 52.6 Å². The van der Waals surface area contributed by atoms with E-state index in [1.54, 1.807) is 20.8 Å². The van der Waals surface area contributed by atoms with Crippen molar-refractivity contribution in [2.24, 2.45) is 10.3 Å². The molecule has 2 bridgehead atoms. The van der Waals surface area contributed by atoms with Crippen LogP contribution in [0.15, 0.2) is 10.3 Å². The molecular formula is C14H18N4O5. The predicted molar refractivity (Wildman–Crippen MR) is 73.9 cm³/mol. The van der Waals surface area contributed by atoms with E-state index in [9.17, 15) is 14.9 Å². The number of fused-ring (bicyclic) bond motifs is 5. The Morgan fingerprint density at radius 2 is 2.13 bits per heavy atom. The van der Waals surface area contributed by atoms with Crippen molar-refractivity contribution in [1.82, 2.24) is 5.01 Å². The van der Waals surface area contributed by atoms with Crippen LogP contribution in [0.1, 0.15) is 34.1 Å². The molecule has 0 N–H and O–H groups in total. The monoisotopic (exact) mass is 322 g/mol. The number of hydrogen-bond acceptors (Lipinski definition) is 8. The lowest BCUT2D eigenvalue weighted by molar-refractivity contribution is -0.157. The molecule has 9 heteroatoms. The van der Waals surface area contributed by atoms with Crippen LogP contribution >= 0.6 is 0 Å². The first-order valence-electron chi connectivity index (χ1n) is 7.36. The summed E-state index contributed by atoms with van der Waals surface area (Å²) in [6, 6.07) is 1.05. The van der Waals surface area contributed by atoms with Crippen molar-refractivity contribution < 1.29 is 23.8 Å². The van der Waals surface area contributed by atoms with Gasteiger partial charge in [0.05, 0.1) is 6.10 Å². The molecule has 0 aliphatic carbocycles. The second-order valence-corrected chi connectivity index (χ2v) is 6.91. The summed E-state index contributed by atoms with van der Waals surface area (Å²) < 4.78 is 16.3. The van der Waals surface area contributed by atoms with Crippen molar-refractivity contribution >= 4 is 12.1 Å². The van der Waals surface area contributed by atoms with Crippen LogP contribution < -0.4 is 0 Å². The van der Waals surface area contributed by atoms with Gasteiger partial charge >= 0.3 is 12.1 Å². The summed E-state index contributed by atoms with van der Waals surface area (Å²) in [5.74, 6) is -0.574. The third-order valence-corrected chi connectivity index (χ3v) is 3.99. The van der Waals surface area contributed by atoms with Crippen LogP contribution in [0.25, 0.3) is 0 Å². The fourth-order valence-electron chi connectivity index (χ4n) is 3.26. The maximum Gasteiger partial charge on any atom is 0.432 e. The van der Waals surface area contributed by atoms with E-state index in [1.807, 2.05) is 6.07 Å². The Balaban J connectivity index is 1.85. The van der Waals surface area contributed by atoms with Gasteiger partial charge in [-0.25, -0.2) is 4.79 Å². The first-order chi connectivity index (χ1) is 10.7. The van der Waals surface area contributed by atoms with E-state index in [0.29, 0.717) is 0 Å². The minimum absolute atomic E-state index is 0.218. The largest absolute Gasteiger partial charge is 0.442 e. The molecule has 0 unspecified atom stereocenters. The van der Waals surface area contributed by atoms with Gasteiger partial charge < -0.3 is 14.2 Å². The minimum Gasteiger partial charge on any atom is -0.442 e. The molecule has 124 valence electrons. The zero-order valence-electron chi connectivity index (χ0n) is 13.3. The third-order valence-electron chi connectivity index (χ3n) is 3.99.